The number of benzene rings is 1. The van der Waals surface area contributed by atoms with Crippen LogP contribution in [0, 0.1) is 11.3 Å². The molecular formula is C18H23ClN2O5. The lowest BCUT2D eigenvalue weighted by Crippen LogP contribution is -2.37. The maximum Gasteiger partial charge on any atom is 0.311 e. The van der Waals surface area contributed by atoms with Crippen molar-refractivity contribution < 1.29 is 24.2 Å². The second-order valence-corrected chi connectivity index (χ2v) is 7.13. The van der Waals surface area contributed by atoms with E-state index in [1.165, 1.54) is 0 Å². The Morgan fingerprint density at radius 2 is 2.04 bits per heavy atom. The summed E-state index contributed by atoms with van der Waals surface area (Å²) >= 11 is 0. The van der Waals surface area contributed by atoms with Crippen LogP contribution in [-0.2, 0) is 9.59 Å². The van der Waals surface area contributed by atoms with Gasteiger partial charge in [-0.25, -0.2) is 0 Å². The van der Waals surface area contributed by atoms with Crippen LogP contribution in [0.15, 0.2) is 18.2 Å². The number of anilines is 1. The third kappa shape index (κ3) is 3.33. The highest BCUT2D eigenvalue weighted by Crippen LogP contribution is 2.48. The average molecular weight is 383 g/mol. The van der Waals surface area contributed by atoms with Crippen molar-refractivity contribution in [2.24, 2.45) is 11.3 Å². The quantitative estimate of drug-likeness (QED) is 0.828. The number of carbonyl (C=O) groups is 2. The number of carbonyl (C=O) groups excluding carboxylic acids is 1. The fraction of sp³-hybridized carbons (Fsp3) is 0.556. The number of fused-ring (bicyclic) bond motifs is 2. The first-order chi connectivity index (χ1) is 12.1. The molecule has 142 valence electrons. The van der Waals surface area contributed by atoms with Crippen molar-refractivity contribution in [3.63, 3.8) is 0 Å². The summed E-state index contributed by atoms with van der Waals surface area (Å²) in [6, 6.07) is 5.32. The summed E-state index contributed by atoms with van der Waals surface area (Å²) in [5.74, 6) is 0.610. The SMILES string of the molecule is Cl.O=C(CN1C[C@@H]2CCC[C@@]2(C(=O)O)C1)Nc1ccc2c(c1)OCCO2. The Balaban J connectivity index is 0.00000196. The molecule has 0 radical (unpaired) electrons. The Morgan fingerprint density at radius 1 is 1.27 bits per heavy atom. The van der Waals surface area contributed by atoms with Gasteiger partial charge in [-0.15, -0.1) is 12.4 Å². The third-order valence-electron chi connectivity index (χ3n) is 5.56. The highest BCUT2D eigenvalue weighted by molar-refractivity contribution is 5.92. The summed E-state index contributed by atoms with van der Waals surface area (Å²) < 4.78 is 11.0. The van der Waals surface area contributed by atoms with Gasteiger partial charge in [0.05, 0.1) is 12.0 Å². The topological polar surface area (TPSA) is 88.1 Å². The van der Waals surface area contributed by atoms with Crippen LogP contribution in [0.1, 0.15) is 19.3 Å². The van der Waals surface area contributed by atoms with Crippen LogP contribution >= 0.6 is 12.4 Å². The van der Waals surface area contributed by atoms with Crippen LogP contribution in [0.25, 0.3) is 0 Å². The van der Waals surface area contributed by atoms with Gasteiger partial charge >= 0.3 is 5.97 Å². The first kappa shape index (κ1) is 18.8. The molecule has 7 nitrogen and oxygen atoms in total. The van der Waals surface area contributed by atoms with Gasteiger partial charge in [0.1, 0.15) is 13.2 Å². The van der Waals surface area contributed by atoms with E-state index in [0.717, 1.165) is 12.8 Å². The first-order valence-corrected chi connectivity index (χ1v) is 8.72. The second-order valence-electron chi connectivity index (χ2n) is 7.13. The molecule has 8 heteroatoms. The van der Waals surface area contributed by atoms with Crippen LogP contribution in [0.2, 0.25) is 0 Å². The van der Waals surface area contributed by atoms with Crippen LogP contribution < -0.4 is 14.8 Å². The molecule has 0 bridgehead atoms. The number of rotatable bonds is 4. The largest absolute Gasteiger partial charge is 0.486 e. The smallest absolute Gasteiger partial charge is 0.311 e. The molecule has 1 aliphatic carbocycles. The van der Waals surface area contributed by atoms with E-state index in [2.05, 4.69) is 5.32 Å². The van der Waals surface area contributed by atoms with Gasteiger partial charge in [-0.05, 0) is 30.9 Å². The number of hydrogen-bond acceptors (Lipinski definition) is 5. The van der Waals surface area contributed by atoms with Crippen molar-refractivity contribution in [3.05, 3.63) is 18.2 Å². The highest BCUT2D eigenvalue weighted by atomic mass is 35.5. The minimum Gasteiger partial charge on any atom is -0.486 e. The van der Waals surface area contributed by atoms with Crippen molar-refractivity contribution in [2.75, 3.05) is 38.2 Å². The first-order valence-electron chi connectivity index (χ1n) is 8.72. The Kier molecular flexibility index (Phi) is 5.29. The minimum atomic E-state index is -0.718. The molecule has 2 fully saturated rings. The predicted molar refractivity (Wildman–Crippen MR) is 97.2 cm³/mol. The van der Waals surface area contributed by atoms with Gasteiger partial charge in [-0.2, -0.15) is 0 Å². The second kappa shape index (κ2) is 7.32. The summed E-state index contributed by atoms with van der Waals surface area (Å²) in [5.41, 5.74) is -0.00123. The maximum atomic E-state index is 12.4. The number of likely N-dealkylation sites (tertiary alicyclic amines) is 1. The summed E-state index contributed by atoms with van der Waals surface area (Å²) in [5, 5.41) is 12.5. The molecule has 3 aliphatic rings. The number of ether oxygens (including phenoxy) is 2. The number of amides is 1. The summed E-state index contributed by atoms with van der Waals surface area (Å²) in [7, 11) is 0. The van der Waals surface area contributed by atoms with Gasteiger partial charge in [0, 0.05) is 24.8 Å². The Morgan fingerprint density at radius 3 is 2.77 bits per heavy atom. The lowest BCUT2D eigenvalue weighted by atomic mass is 9.81. The normalized spacial score (nSPS) is 26.7. The monoisotopic (exact) mass is 382 g/mol. The van der Waals surface area contributed by atoms with Gasteiger partial charge in [0.15, 0.2) is 11.5 Å². The Labute approximate surface area is 158 Å². The number of nitrogens with one attached hydrogen (secondary N) is 1. The average Bonchev–Trinajstić information content (AvgIpc) is 3.12. The molecule has 0 unspecified atom stereocenters. The van der Waals surface area contributed by atoms with E-state index in [1.807, 2.05) is 4.90 Å². The van der Waals surface area contributed by atoms with E-state index < -0.39 is 11.4 Å². The molecule has 1 saturated heterocycles. The van der Waals surface area contributed by atoms with Gasteiger partial charge in [-0.3, -0.25) is 14.5 Å². The lowest BCUT2D eigenvalue weighted by molar-refractivity contribution is -0.149. The molecule has 2 heterocycles. The molecule has 1 aromatic carbocycles. The molecule has 1 saturated carbocycles. The van der Waals surface area contributed by atoms with E-state index in [-0.39, 0.29) is 30.8 Å². The number of halogens is 1. The van der Waals surface area contributed by atoms with Crippen LogP contribution in [0.5, 0.6) is 11.5 Å². The number of aliphatic carboxylic acids is 1. The van der Waals surface area contributed by atoms with E-state index in [1.54, 1.807) is 18.2 Å². The predicted octanol–water partition coefficient (Wildman–Crippen LogP) is 2.00. The molecule has 26 heavy (non-hydrogen) atoms. The van der Waals surface area contributed by atoms with Crippen LogP contribution in [-0.4, -0.2) is 54.7 Å². The van der Waals surface area contributed by atoms with E-state index in [4.69, 9.17) is 9.47 Å². The summed E-state index contributed by atoms with van der Waals surface area (Å²) in [6.07, 6.45) is 2.62. The summed E-state index contributed by atoms with van der Waals surface area (Å²) in [4.78, 5) is 26.0. The highest BCUT2D eigenvalue weighted by Gasteiger charge is 2.54. The molecule has 0 aromatic heterocycles. The van der Waals surface area contributed by atoms with E-state index >= 15 is 0 Å². The van der Waals surface area contributed by atoms with Gasteiger partial charge < -0.3 is 19.9 Å². The van der Waals surface area contributed by atoms with Crippen LogP contribution in [0.3, 0.4) is 0 Å². The molecule has 1 amide bonds. The molecule has 4 rings (SSSR count). The Bertz CT molecular complexity index is 713. The zero-order valence-corrected chi connectivity index (χ0v) is 15.2. The molecule has 2 N–H and O–H groups in total. The third-order valence-corrected chi connectivity index (χ3v) is 5.56. The molecule has 0 spiro atoms. The van der Waals surface area contributed by atoms with Crippen molar-refractivity contribution >= 4 is 30.0 Å². The minimum absolute atomic E-state index is 0. The van der Waals surface area contributed by atoms with Crippen molar-refractivity contribution in [3.8, 4) is 11.5 Å². The number of hydrogen-bond donors (Lipinski definition) is 2. The summed E-state index contributed by atoms with van der Waals surface area (Å²) in [6.45, 7) is 2.37. The lowest BCUT2D eigenvalue weighted by Gasteiger charge is -2.23. The number of nitrogens with zero attached hydrogens (tertiary/aromatic N) is 1. The molecular weight excluding hydrogens is 360 g/mol. The van der Waals surface area contributed by atoms with Crippen molar-refractivity contribution in [1.82, 2.24) is 4.90 Å². The fourth-order valence-corrected chi connectivity index (χ4v) is 4.39. The van der Waals surface area contributed by atoms with Gasteiger partial charge in [-0.1, -0.05) is 6.42 Å². The van der Waals surface area contributed by atoms with Crippen LogP contribution in [0.4, 0.5) is 5.69 Å². The van der Waals surface area contributed by atoms with Crippen molar-refractivity contribution in [2.45, 2.75) is 19.3 Å². The fourth-order valence-electron chi connectivity index (χ4n) is 4.39. The maximum absolute atomic E-state index is 12.4. The Hall–Kier alpha value is -1.99. The van der Waals surface area contributed by atoms with Crippen molar-refractivity contribution in [1.29, 1.82) is 0 Å². The zero-order valence-electron chi connectivity index (χ0n) is 14.4. The van der Waals surface area contributed by atoms with E-state index in [9.17, 15) is 14.7 Å². The van der Waals surface area contributed by atoms with Gasteiger partial charge in [0.2, 0.25) is 5.91 Å². The zero-order chi connectivity index (χ0) is 17.4. The van der Waals surface area contributed by atoms with Gasteiger partial charge in [0.25, 0.3) is 0 Å². The number of carboxylic acids is 1. The number of carboxylic acid groups (broad SMARTS) is 1. The molecule has 1 aromatic rings. The standard InChI is InChI=1S/C18H22N2O5.ClH/c21-16(19-13-3-4-14-15(8-13)25-7-6-24-14)10-20-9-12-2-1-5-18(12,11-20)17(22)23;/h3-4,8,12H,1-2,5-7,9-11H2,(H,19,21)(H,22,23);1H/t12-,18+;/m0./s1. The molecule has 2 atom stereocenters. The molecule has 2 aliphatic heterocycles. The van der Waals surface area contributed by atoms with E-state index in [0.29, 0.717) is 49.9 Å².